The molecule has 1 aromatic carbocycles. The summed E-state index contributed by atoms with van der Waals surface area (Å²) in [6.07, 6.45) is 0.294. The van der Waals surface area contributed by atoms with Gasteiger partial charge in [-0.05, 0) is 31.6 Å². The molecule has 6 heteroatoms. The fraction of sp³-hybridized carbons (Fsp3) is 0.429. The molecular weight excluding hydrogens is 258 g/mol. The molecule has 0 spiro atoms. The van der Waals surface area contributed by atoms with E-state index in [4.69, 9.17) is 10.8 Å². The van der Waals surface area contributed by atoms with Crippen LogP contribution in [0.4, 0.5) is 0 Å². The highest BCUT2D eigenvalue weighted by atomic mass is 16.4. The smallest absolute Gasteiger partial charge is 0.320 e. The Balaban J connectivity index is 2.46. The summed E-state index contributed by atoms with van der Waals surface area (Å²) in [7, 11) is 3.67. The summed E-state index contributed by atoms with van der Waals surface area (Å²) in [5, 5.41) is 11.5. The zero-order chi connectivity index (χ0) is 15.1. The Morgan fingerprint density at radius 1 is 1.25 bits per heavy atom. The monoisotopic (exact) mass is 279 g/mol. The first-order chi connectivity index (χ1) is 9.38. The molecule has 6 nitrogen and oxygen atoms in total. The third-order valence-corrected chi connectivity index (χ3v) is 2.75. The fourth-order valence-corrected chi connectivity index (χ4v) is 1.68. The molecule has 0 heterocycles. The number of nitrogens with two attached hydrogens (primary N) is 1. The molecule has 0 saturated carbocycles. The van der Waals surface area contributed by atoms with Gasteiger partial charge in [0.1, 0.15) is 6.04 Å². The number of aliphatic carboxylic acids is 1. The average molecular weight is 279 g/mol. The van der Waals surface area contributed by atoms with Crippen LogP contribution in [-0.4, -0.2) is 48.6 Å². The second-order valence-electron chi connectivity index (χ2n) is 4.98. The molecule has 1 amide bonds. The van der Waals surface area contributed by atoms with Crippen molar-refractivity contribution in [3.05, 3.63) is 35.4 Å². The maximum atomic E-state index is 11.5. The Bertz CT molecular complexity index is 457. The van der Waals surface area contributed by atoms with Crippen LogP contribution in [0.1, 0.15) is 11.1 Å². The topological polar surface area (TPSA) is 95.7 Å². The molecule has 0 fully saturated rings. The van der Waals surface area contributed by atoms with Gasteiger partial charge in [-0.25, -0.2) is 0 Å². The number of hydrogen-bond acceptors (Lipinski definition) is 4. The third-order valence-electron chi connectivity index (χ3n) is 2.75. The van der Waals surface area contributed by atoms with Crippen LogP contribution in [0.5, 0.6) is 0 Å². The zero-order valence-electron chi connectivity index (χ0n) is 11.8. The normalized spacial score (nSPS) is 12.2. The van der Waals surface area contributed by atoms with E-state index < -0.39 is 12.0 Å². The van der Waals surface area contributed by atoms with Gasteiger partial charge in [-0.15, -0.1) is 0 Å². The van der Waals surface area contributed by atoms with E-state index in [9.17, 15) is 9.59 Å². The van der Waals surface area contributed by atoms with Gasteiger partial charge >= 0.3 is 5.97 Å². The van der Waals surface area contributed by atoms with Gasteiger partial charge < -0.3 is 21.1 Å². The van der Waals surface area contributed by atoms with Crippen molar-refractivity contribution < 1.29 is 14.7 Å². The van der Waals surface area contributed by atoms with Gasteiger partial charge in [-0.1, -0.05) is 24.3 Å². The molecule has 110 valence electrons. The molecule has 4 N–H and O–H groups in total. The standard InChI is InChI=1S/C14H21N3O3/c1-17(2)9-13(18)16-8-11-5-3-10(4-6-11)7-12(15)14(19)20/h3-6,12H,7-9,15H2,1-2H3,(H,16,18)(H,19,20)/t12-/m0/s1. The van der Waals surface area contributed by atoms with Gasteiger partial charge in [0, 0.05) is 6.54 Å². The molecule has 0 aromatic heterocycles. The number of rotatable bonds is 7. The SMILES string of the molecule is CN(C)CC(=O)NCc1ccc(C[C@H](N)C(=O)O)cc1. The van der Waals surface area contributed by atoms with Crippen LogP contribution in [-0.2, 0) is 22.6 Å². The number of carbonyl (C=O) groups excluding carboxylic acids is 1. The number of nitrogens with zero attached hydrogens (tertiary/aromatic N) is 1. The molecule has 0 aliphatic carbocycles. The lowest BCUT2D eigenvalue weighted by atomic mass is 10.0. The zero-order valence-corrected chi connectivity index (χ0v) is 11.8. The van der Waals surface area contributed by atoms with Gasteiger partial charge in [0.2, 0.25) is 5.91 Å². The van der Waals surface area contributed by atoms with Crippen molar-refractivity contribution in [2.24, 2.45) is 5.73 Å². The predicted molar refractivity (Wildman–Crippen MR) is 76.2 cm³/mol. The molecule has 0 saturated heterocycles. The summed E-state index contributed by atoms with van der Waals surface area (Å²) < 4.78 is 0. The Hall–Kier alpha value is -1.92. The van der Waals surface area contributed by atoms with Gasteiger partial charge in [-0.2, -0.15) is 0 Å². The van der Waals surface area contributed by atoms with Crippen LogP contribution >= 0.6 is 0 Å². The molecule has 1 rings (SSSR count). The Labute approximate surface area is 118 Å². The van der Waals surface area contributed by atoms with E-state index in [2.05, 4.69) is 5.32 Å². The van der Waals surface area contributed by atoms with Crippen molar-refractivity contribution in [2.45, 2.75) is 19.0 Å². The largest absolute Gasteiger partial charge is 0.480 e. The Morgan fingerprint density at radius 3 is 2.30 bits per heavy atom. The van der Waals surface area contributed by atoms with Gasteiger partial charge in [0.25, 0.3) is 0 Å². The highest BCUT2D eigenvalue weighted by Gasteiger charge is 2.11. The highest BCUT2D eigenvalue weighted by Crippen LogP contribution is 2.06. The van der Waals surface area contributed by atoms with E-state index in [1.54, 1.807) is 4.90 Å². The number of benzene rings is 1. The summed E-state index contributed by atoms with van der Waals surface area (Å²) in [6, 6.07) is 6.49. The summed E-state index contributed by atoms with van der Waals surface area (Å²) in [5.74, 6) is -1.04. The van der Waals surface area contributed by atoms with Crippen molar-refractivity contribution >= 4 is 11.9 Å². The number of nitrogens with one attached hydrogen (secondary N) is 1. The van der Waals surface area contributed by atoms with E-state index >= 15 is 0 Å². The molecule has 0 unspecified atom stereocenters. The third kappa shape index (κ3) is 5.81. The van der Waals surface area contributed by atoms with Crippen molar-refractivity contribution in [1.29, 1.82) is 0 Å². The molecule has 1 atom stereocenters. The second kappa shape index (κ2) is 7.62. The number of hydrogen-bond donors (Lipinski definition) is 3. The maximum Gasteiger partial charge on any atom is 0.320 e. The molecule has 0 bridgehead atoms. The molecule has 0 aliphatic heterocycles. The van der Waals surface area contributed by atoms with E-state index in [0.717, 1.165) is 11.1 Å². The number of carboxylic acid groups (broad SMARTS) is 1. The number of carboxylic acids is 1. The Kier molecular flexibility index (Phi) is 6.14. The summed E-state index contributed by atoms with van der Waals surface area (Å²) in [4.78, 5) is 23.9. The summed E-state index contributed by atoms with van der Waals surface area (Å²) in [5.41, 5.74) is 7.30. The first-order valence-corrected chi connectivity index (χ1v) is 6.36. The van der Waals surface area contributed by atoms with Crippen molar-refractivity contribution in [3.8, 4) is 0 Å². The van der Waals surface area contributed by atoms with E-state index in [-0.39, 0.29) is 5.91 Å². The molecular formula is C14H21N3O3. The number of likely N-dealkylation sites (N-methyl/N-ethyl adjacent to an activating group) is 1. The quantitative estimate of drug-likeness (QED) is 0.643. The van der Waals surface area contributed by atoms with Crippen LogP contribution in [0.2, 0.25) is 0 Å². The number of carbonyl (C=O) groups is 2. The lowest BCUT2D eigenvalue weighted by Gasteiger charge is -2.11. The molecule has 20 heavy (non-hydrogen) atoms. The van der Waals surface area contributed by atoms with Crippen LogP contribution in [0.15, 0.2) is 24.3 Å². The van der Waals surface area contributed by atoms with Crippen LogP contribution in [0.25, 0.3) is 0 Å². The van der Waals surface area contributed by atoms with E-state index in [1.165, 1.54) is 0 Å². The minimum atomic E-state index is -1.01. The lowest BCUT2D eigenvalue weighted by molar-refractivity contribution is -0.138. The predicted octanol–water partition coefficient (Wildman–Crippen LogP) is -0.181. The first-order valence-electron chi connectivity index (χ1n) is 6.36. The van der Waals surface area contributed by atoms with Crippen LogP contribution < -0.4 is 11.1 Å². The van der Waals surface area contributed by atoms with Gasteiger partial charge in [0.05, 0.1) is 6.54 Å². The minimum Gasteiger partial charge on any atom is -0.480 e. The fourth-order valence-electron chi connectivity index (χ4n) is 1.68. The maximum absolute atomic E-state index is 11.5. The van der Waals surface area contributed by atoms with Crippen LogP contribution in [0.3, 0.4) is 0 Å². The minimum absolute atomic E-state index is 0.0352. The van der Waals surface area contributed by atoms with E-state index in [1.807, 2.05) is 38.4 Å². The van der Waals surface area contributed by atoms with Crippen molar-refractivity contribution in [2.75, 3.05) is 20.6 Å². The average Bonchev–Trinajstić information content (AvgIpc) is 2.37. The first kappa shape index (κ1) is 16.1. The summed E-state index contributed by atoms with van der Waals surface area (Å²) in [6.45, 7) is 0.809. The summed E-state index contributed by atoms with van der Waals surface area (Å²) >= 11 is 0. The van der Waals surface area contributed by atoms with Gasteiger partial charge in [-0.3, -0.25) is 9.59 Å². The second-order valence-corrected chi connectivity index (χ2v) is 4.98. The van der Waals surface area contributed by atoms with E-state index in [0.29, 0.717) is 19.5 Å². The molecule has 0 radical (unpaired) electrons. The highest BCUT2D eigenvalue weighted by molar-refractivity contribution is 5.77. The molecule has 0 aliphatic rings. The molecule has 1 aromatic rings. The lowest BCUT2D eigenvalue weighted by Crippen LogP contribution is -2.33. The van der Waals surface area contributed by atoms with Crippen molar-refractivity contribution in [3.63, 3.8) is 0 Å². The Morgan fingerprint density at radius 2 is 1.80 bits per heavy atom. The number of amides is 1. The van der Waals surface area contributed by atoms with Crippen molar-refractivity contribution in [1.82, 2.24) is 10.2 Å². The van der Waals surface area contributed by atoms with Crippen LogP contribution in [0, 0.1) is 0 Å². The van der Waals surface area contributed by atoms with Gasteiger partial charge in [0.15, 0.2) is 0 Å².